The van der Waals surface area contributed by atoms with Crippen molar-refractivity contribution in [3.8, 4) is 6.07 Å². The number of benzene rings is 2. The number of thioether (sulfide) groups is 1. The zero-order valence-electron chi connectivity index (χ0n) is 18.6. The summed E-state index contributed by atoms with van der Waals surface area (Å²) in [5, 5.41) is 20.8. The Hall–Kier alpha value is -3.51. The molecule has 0 radical (unpaired) electrons. The van der Waals surface area contributed by atoms with Crippen molar-refractivity contribution in [2.24, 2.45) is 5.92 Å². The highest BCUT2D eigenvalue weighted by Gasteiger charge is 2.27. The summed E-state index contributed by atoms with van der Waals surface area (Å²) in [7, 11) is 0. The largest absolute Gasteiger partial charge is 0.342 e. The topological polar surface area (TPSA) is 101 Å². The highest BCUT2D eigenvalue weighted by atomic mass is 32.2. The molecule has 0 aliphatic carbocycles. The summed E-state index contributed by atoms with van der Waals surface area (Å²) in [6.07, 6.45) is 0. The first-order valence-corrected chi connectivity index (χ1v) is 11.5. The van der Waals surface area contributed by atoms with E-state index >= 15 is 0 Å². The first-order valence-electron chi connectivity index (χ1n) is 10.5. The van der Waals surface area contributed by atoms with Gasteiger partial charge in [0.2, 0.25) is 0 Å². The molecule has 3 rings (SSSR count). The van der Waals surface area contributed by atoms with Crippen LogP contribution in [0, 0.1) is 23.1 Å². The van der Waals surface area contributed by atoms with Crippen molar-refractivity contribution in [2.45, 2.75) is 38.5 Å². The van der Waals surface area contributed by atoms with Crippen LogP contribution >= 0.6 is 11.8 Å². The molecule has 2 aromatic carbocycles. The van der Waals surface area contributed by atoms with Crippen LogP contribution in [0.5, 0.6) is 0 Å². The highest BCUT2D eigenvalue weighted by molar-refractivity contribution is 7.99. The zero-order valence-corrected chi connectivity index (χ0v) is 19.4. The zero-order chi connectivity index (χ0) is 24.0. The van der Waals surface area contributed by atoms with Crippen molar-refractivity contribution < 1.29 is 14.0 Å². The monoisotopic (exact) mass is 465 g/mol. The minimum absolute atomic E-state index is 0.0339. The molecule has 1 heterocycles. The number of rotatable bonds is 9. The number of carbonyl (C=O) groups excluding carboxylic acids is 2. The lowest BCUT2D eigenvalue weighted by Crippen LogP contribution is -2.34. The molecule has 0 aliphatic heterocycles. The van der Waals surface area contributed by atoms with Crippen LogP contribution in [0.1, 0.15) is 58.9 Å². The number of nitrogens with zero attached hydrogens (tertiary/aromatic N) is 4. The molecule has 170 valence electrons. The van der Waals surface area contributed by atoms with E-state index in [1.54, 1.807) is 30.3 Å². The molecular weight excluding hydrogens is 441 g/mol. The SMILES string of the molecule is CCn1c(SCC(=O)c2ccc(C#N)cc2)nnc1C(NC(=O)c1ccccc1F)C(C)C. The summed E-state index contributed by atoms with van der Waals surface area (Å²) in [4.78, 5) is 25.2. The summed E-state index contributed by atoms with van der Waals surface area (Å²) in [5.74, 6) is -0.545. The summed E-state index contributed by atoms with van der Waals surface area (Å²) in [5.41, 5.74) is 0.974. The average Bonchev–Trinajstić information content (AvgIpc) is 3.23. The molecule has 0 aliphatic rings. The molecule has 0 bridgehead atoms. The standard InChI is InChI=1S/C24H24FN5O2S/c1-4-30-22(21(15(2)3)27-23(32)18-7-5-6-8-19(18)25)28-29-24(30)33-14-20(31)17-11-9-16(13-26)10-12-17/h5-12,15,21H,4,14H2,1-3H3,(H,27,32). The summed E-state index contributed by atoms with van der Waals surface area (Å²) >= 11 is 1.25. The van der Waals surface area contributed by atoms with E-state index in [0.29, 0.717) is 28.7 Å². The molecular formula is C24H24FN5O2S. The van der Waals surface area contributed by atoms with Gasteiger partial charge in [-0.3, -0.25) is 9.59 Å². The number of aromatic nitrogens is 3. The molecule has 1 N–H and O–H groups in total. The van der Waals surface area contributed by atoms with Crippen LogP contribution in [-0.2, 0) is 6.54 Å². The van der Waals surface area contributed by atoms with E-state index in [0.717, 1.165) is 0 Å². The number of Topliss-reactive ketones (excluding diaryl/α,β-unsaturated/α-hetero) is 1. The maximum Gasteiger partial charge on any atom is 0.254 e. The highest BCUT2D eigenvalue weighted by Crippen LogP contribution is 2.26. The summed E-state index contributed by atoms with van der Waals surface area (Å²) in [6, 6.07) is 13.8. The Morgan fingerprint density at radius 3 is 2.45 bits per heavy atom. The van der Waals surface area contributed by atoms with Crippen LogP contribution in [0.25, 0.3) is 0 Å². The fourth-order valence-corrected chi connectivity index (χ4v) is 4.18. The molecule has 0 fully saturated rings. The molecule has 1 aromatic heterocycles. The Bertz CT molecular complexity index is 1180. The smallest absolute Gasteiger partial charge is 0.254 e. The third-order valence-corrected chi connectivity index (χ3v) is 6.05. The summed E-state index contributed by atoms with van der Waals surface area (Å²) < 4.78 is 15.9. The molecule has 33 heavy (non-hydrogen) atoms. The van der Waals surface area contributed by atoms with Crippen molar-refractivity contribution in [3.63, 3.8) is 0 Å². The summed E-state index contributed by atoms with van der Waals surface area (Å²) in [6.45, 7) is 6.33. The van der Waals surface area contributed by atoms with Crippen molar-refractivity contribution >= 4 is 23.5 Å². The number of hydrogen-bond donors (Lipinski definition) is 1. The normalized spacial score (nSPS) is 11.8. The number of nitriles is 1. The van der Waals surface area contributed by atoms with Crippen molar-refractivity contribution in [1.82, 2.24) is 20.1 Å². The maximum absolute atomic E-state index is 14.1. The van der Waals surface area contributed by atoms with Gasteiger partial charge in [0.1, 0.15) is 5.82 Å². The second-order valence-corrected chi connectivity index (χ2v) is 8.60. The van der Waals surface area contributed by atoms with Gasteiger partial charge in [-0.25, -0.2) is 4.39 Å². The second-order valence-electron chi connectivity index (χ2n) is 7.66. The molecule has 0 saturated heterocycles. The molecule has 3 aromatic rings. The molecule has 1 unspecified atom stereocenters. The molecule has 1 amide bonds. The van der Waals surface area contributed by atoms with Gasteiger partial charge in [-0.1, -0.05) is 49.9 Å². The van der Waals surface area contributed by atoms with E-state index < -0.39 is 17.8 Å². The van der Waals surface area contributed by atoms with Crippen LogP contribution in [0.3, 0.4) is 0 Å². The Morgan fingerprint density at radius 2 is 1.85 bits per heavy atom. The van der Waals surface area contributed by atoms with E-state index in [4.69, 9.17) is 5.26 Å². The lowest BCUT2D eigenvalue weighted by molar-refractivity contribution is 0.0917. The average molecular weight is 466 g/mol. The molecule has 0 saturated carbocycles. The lowest BCUT2D eigenvalue weighted by Gasteiger charge is -2.22. The quantitative estimate of drug-likeness (QED) is 0.371. The van der Waals surface area contributed by atoms with Crippen LogP contribution in [0.2, 0.25) is 0 Å². The number of amides is 1. The van der Waals surface area contributed by atoms with Gasteiger partial charge in [0, 0.05) is 12.1 Å². The first kappa shape index (κ1) is 24.1. The molecule has 9 heteroatoms. The van der Waals surface area contributed by atoms with Gasteiger partial charge in [-0.05, 0) is 37.1 Å². The number of carbonyl (C=O) groups is 2. The predicted molar refractivity (Wildman–Crippen MR) is 123 cm³/mol. The fourth-order valence-electron chi connectivity index (χ4n) is 3.27. The second kappa shape index (κ2) is 10.9. The lowest BCUT2D eigenvalue weighted by atomic mass is 10.0. The minimum Gasteiger partial charge on any atom is -0.342 e. The molecule has 1 atom stereocenters. The maximum atomic E-state index is 14.1. The van der Waals surface area contributed by atoms with E-state index in [-0.39, 0.29) is 23.0 Å². The number of ketones is 1. The Morgan fingerprint density at radius 1 is 1.15 bits per heavy atom. The predicted octanol–water partition coefficient (Wildman–Crippen LogP) is 4.41. The van der Waals surface area contributed by atoms with Crippen LogP contribution < -0.4 is 5.32 Å². The van der Waals surface area contributed by atoms with Crippen molar-refractivity contribution in [1.29, 1.82) is 5.26 Å². The third kappa shape index (κ3) is 5.65. The van der Waals surface area contributed by atoms with Gasteiger partial charge in [0.15, 0.2) is 16.8 Å². The molecule has 0 spiro atoms. The Labute approximate surface area is 196 Å². The van der Waals surface area contributed by atoms with Crippen LogP contribution in [0.4, 0.5) is 4.39 Å². The number of halogens is 1. The Balaban J connectivity index is 1.77. The van der Waals surface area contributed by atoms with Gasteiger partial charge in [0.05, 0.1) is 29.0 Å². The van der Waals surface area contributed by atoms with Gasteiger partial charge >= 0.3 is 0 Å². The van der Waals surface area contributed by atoms with E-state index in [9.17, 15) is 14.0 Å². The van der Waals surface area contributed by atoms with E-state index in [2.05, 4.69) is 15.5 Å². The van der Waals surface area contributed by atoms with Gasteiger partial charge in [0.25, 0.3) is 5.91 Å². The first-order chi connectivity index (χ1) is 15.8. The van der Waals surface area contributed by atoms with Crippen LogP contribution in [-0.4, -0.2) is 32.2 Å². The number of nitrogens with one attached hydrogen (secondary N) is 1. The number of hydrogen-bond acceptors (Lipinski definition) is 6. The van der Waals surface area contributed by atoms with Gasteiger partial charge < -0.3 is 9.88 Å². The third-order valence-electron chi connectivity index (χ3n) is 5.08. The van der Waals surface area contributed by atoms with Gasteiger partial charge in [-0.2, -0.15) is 5.26 Å². The minimum atomic E-state index is -0.591. The van der Waals surface area contributed by atoms with E-state index in [1.165, 1.54) is 30.0 Å². The van der Waals surface area contributed by atoms with Gasteiger partial charge in [-0.15, -0.1) is 10.2 Å². The Kier molecular flexibility index (Phi) is 7.96. The molecule has 7 nitrogen and oxygen atoms in total. The van der Waals surface area contributed by atoms with Crippen LogP contribution in [0.15, 0.2) is 53.7 Å². The van der Waals surface area contributed by atoms with Crippen molar-refractivity contribution in [2.75, 3.05) is 5.75 Å². The fraction of sp³-hybridized carbons (Fsp3) is 0.292. The van der Waals surface area contributed by atoms with Crippen molar-refractivity contribution in [3.05, 3.63) is 76.9 Å². The van der Waals surface area contributed by atoms with E-state index in [1.807, 2.05) is 31.4 Å².